The van der Waals surface area contributed by atoms with Crippen LogP contribution in [0.25, 0.3) is 11.0 Å². The fraction of sp³-hybridized carbons (Fsp3) is 0.423. The highest BCUT2D eigenvalue weighted by Crippen LogP contribution is 2.29. The monoisotopic (exact) mass is 472 g/mol. The minimum Gasteiger partial charge on any atom is -0.491 e. The molecule has 4 rings (SSSR count). The van der Waals surface area contributed by atoms with Crippen molar-refractivity contribution in [1.29, 1.82) is 0 Å². The van der Waals surface area contributed by atoms with E-state index in [4.69, 9.17) is 25.5 Å². The summed E-state index contributed by atoms with van der Waals surface area (Å²) in [6, 6.07) is 8.62. The van der Waals surface area contributed by atoms with Gasteiger partial charge in [0.2, 0.25) is 11.2 Å². The van der Waals surface area contributed by atoms with Gasteiger partial charge in [-0.3, -0.25) is 4.79 Å². The lowest BCUT2D eigenvalue weighted by atomic mass is 10.1. The molecular formula is C26H31ClNO5+. The number of quaternary nitrogens is 1. The second-order valence-corrected chi connectivity index (χ2v) is 9.27. The summed E-state index contributed by atoms with van der Waals surface area (Å²) in [5.41, 5.74) is 1.88. The van der Waals surface area contributed by atoms with Crippen LogP contribution in [0.15, 0.2) is 45.8 Å². The largest absolute Gasteiger partial charge is 0.491 e. The molecule has 0 saturated carbocycles. The molecule has 33 heavy (non-hydrogen) atoms. The van der Waals surface area contributed by atoms with Gasteiger partial charge in [0, 0.05) is 11.1 Å². The zero-order valence-corrected chi connectivity index (χ0v) is 19.9. The zero-order valence-electron chi connectivity index (χ0n) is 19.2. The summed E-state index contributed by atoms with van der Waals surface area (Å²) in [7, 11) is 0. The van der Waals surface area contributed by atoms with Crippen LogP contribution in [-0.4, -0.2) is 37.5 Å². The van der Waals surface area contributed by atoms with Gasteiger partial charge in [-0.05, 0) is 74.9 Å². The lowest BCUT2D eigenvalue weighted by molar-refractivity contribution is -0.902. The maximum absolute atomic E-state index is 12.9. The number of hydrogen-bond acceptors (Lipinski definition) is 5. The summed E-state index contributed by atoms with van der Waals surface area (Å²) in [5, 5.41) is 11.5. The Kier molecular flexibility index (Phi) is 7.58. The molecule has 1 fully saturated rings. The third-order valence-corrected chi connectivity index (χ3v) is 6.73. The summed E-state index contributed by atoms with van der Waals surface area (Å²) in [6.45, 7) is 6.88. The molecule has 0 spiro atoms. The van der Waals surface area contributed by atoms with E-state index in [0.717, 1.165) is 24.2 Å². The highest BCUT2D eigenvalue weighted by molar-refractivity contribution is 6.32. The molecule has 2 aromatic carbocycles. The first-order chi connectivity index (χ1) is 15.9. The van der Waals surface area contributed by atoms with Crippen molar-refractivity contribution >= 4 is 22.6 Å². The number of aryl methyl sites for hydroxylation is 2. The van der Waals surface area contributed by atoms with Crippen LogP contribution in [0.3, 0.4) is 0 Å². The standard InChI is InChI=1S/C26H30ClNO5/c1-17-11-21(12-18(2)25(17)27)33-24-16-32-23-13-20(7-8-22(23)26(24)30)31-15-19(29)14-28-9-5-3-4-6-10-28/h7-8,11-13,16,19,29H,3-6,9-10,14-15H2,1-2H3/p+1. The quantitative estimate of drug-likeness (QED) is 0.542. The van der Waals surface area contributed by atoms with Gasteiger partial charge in [-0.2, -0.15) is 0 Å². The lowest BCUT2D eigenvalue weighted by Gasteiger charge is -2.20. The first-order valence-electron chi connectivity index (χ1n) is 11.6. The average Bonchev–Trinajstić information content (AvgIpc) is 3.06. The second kappa shape index (κ2) is 10.6. The highest BCUT2D eigenvalue weighted by Gasteiger charge is 2.18. The van der Waals surface area contributed by atoms with Crippen molar-refractivity contribution in [1.82, 2.24) is 0 Å². The van der Waals surface area contributed by atoms with Crippen molar-refractivity contribution < 1.29 is 23.9 Å². The maximum atomic E-state index is 12.9. The molecule has 0 bridgehead atoms. The van der Waals surface area contributed by atoms with E-state index in [1.165, 1.54) is 36.8 Å². The Balaban J connectivity index is 1.42. The fourth-order valence-electron chi connectivity index (χ4n) is 4.36. The van der Waals surface area contributed by atoms with Gasteiger partial charge in [0.25, 0.3) is 0 Å². The van der Waals surface area contributed by atoms with Crippen LogP contribution < -0.4 is 19.8 Å². The van der Waals surface area contributed by atoms with Crippen molar-refractivity contribution in [2.45, 2.75) is 45.6 Å². The summed E-state index contributed by atoms with van der Waals surface area (Å²) >= 11 is 6.21. The third-order valence-electron chi connectivity index (χ3n) is 6.13. The summed E-state index contributed by atoms with van der Waals surface area (Å²) in [5.74, 6) is 1.18. The van der Waals surface area contributed by atoms with Crippen LogP contribution in [0.5, 0.6) is 17.2 Å². The summed E-state index contributed by atoms with van der Waals surface area (Å²) in [4.78, 5) is 14.3. The molecule has 1 aliphatic heterocycles. The predicted octanol–water partition coefficient (Wildman–Crippen LogP) is 4.05. The zero-order chi connectivity index (χ0) is 23.4. The Morgan fingerprint density at radius 1 is 1.06 bits per heavy atom. The molecule has 7 heteroatoms. The first-order valence-corrected chi connectivity index (χ1v) is 11.9. The number of fused-ring (bicyclic) bond motifs is 1. The second-order valence-electron chi connectivity index (χ2n) is 8.89. The average molecular weight is 473 g/mol. The number of likely N-dealkylation sites (tertiary alicyclic amines) is 1. The molecule has 1 aliphatic rings. The number of nitrogens with one attached hydrogen (secondary N) is 1. The highest BCUT2D eigenvalue weighted by atomic mass is 35.5. The van der Waals surface area contributed by atoms with Crippen LogP contribution in [0.4, 0.5) is 0 Å². The number of halogens is 1. The Morgan fingerprint density at radius 2 is 1.76 bits per heavy atom. The normalized spacial score (nSPS) is 15.9. The molecule has 1 aromatic heterocycles. The molecule has 1 unspecified atom stereocenters. The molecular weight excluding hydrogens is 442 g/mol. The third kappa shape index (κ3) is 5.88. The van der Waals surface area contributed by atoms with Crippen molar-refractivity contribution in [3.05, 3.63) is 63.0 Å². The van der Waals surface area contributed by atoms with Gasteiger partial charge in [0.1, 0.15) is 42.6 Å². The van der Waals surface area contributed by atoms with Gasteiger partial charge in [-0.25, -0.2) is 0 Å². The maximum Gasteiger partial charge on any atom is 0.235 e. The molecule has 0 amide bonds. The van der Waals surface area contributed by atoms with Crippen LogP contribution in [0.1, 0.15) is 36.8 Å². The topological polar surface area (TPSA) is 73.3 Å². The van der Waals surface area contributed by atoms with E-state index in [9.17, 15) is 9.90 Å². The van der Waals surface area contributed by atoms with E-state index in [0.29, 0.717) is 34.0 Å². The minimum atomic E-state index is -0.539. The van der Waals surface area contributed by atoms with Gasteiger partial charge in [0.15, 0.2) is 0 Å². The number of aliphatic hydroxyl groups is 1. The van der Waals surface area contributed by atoms with E-state index in [-0.39, 0.29) is 17.8 Å². The van der Waals surface area contributed by atoms with Gasteiger partial charge < -0.3 is 23.9 Å². The van der Waals surface area contributed by atoms with Crippen molar-refractivity contribution in [3.63, 3.8) is 0 Å². The molecule has 3 aromatic rings. The Bertz CT molecular complexity index is 1140. The van der Waals surface area contributed by atoms with Crippen molar-refractivity contribution in [3.8, 4) is 17.2 Å². The van der Waals surface area contributed by atoms with Gasteiger partial charge in [-0.15, -0.1) is 0 Å². The number of rotatable bonds is 7. The predicted molar refractivity (Wildman–Crippen MR) is 129 cm³/mol. The van der Waals surface area contributed by atoms with Crippen molar-refractivity contribution in [2.75, 3.05) is 26.2 Å². The smallest absolute Gasteiger partial charge is 0.235 e. The Morgan fingerprint density at radius 3 is 2.45 bits per heavy atom. The fourth-order valence-corrected chi connectivity index (χ4v) is 4.47. The minimum absolute atomic E-state index is 0.105. The molecule has 2 heterocycles. The van der Waals surface area contributed by atoms with E-state index in [1.54, 1.807) is 30.3 Å². The van der Waals surface area contributed by atoms with Gasteiger partial charge in [0.05, 0.1) is 18.5 Å². The molecule has 176 valence electrons. The molecule has 6 nitrogen and oxygen atoms in total. The number of hydrogen-bond donors (Lipinski definition) is 2. The number of ether oxygens (including phenoxy) is 2. The SMILES string of the molecule is Cc1cc(Oc2coc3cc(OCC(O)C[NH+]4CCCCCC4)ccc3c2=O)cc(C)c1Cl. The number of benzene rings is 2. The summed E-state index contributed by atoms with van der Waals surface area (Å²) < 4.78 is 17.2. The lowest BCUT2D eigenvalue weighted by Crippen LogP contribution is -3.13. The van der Waals surface area contributed by atoms with Gasteiger partial charge >= 0.3 is 0 Å². The van der Waals surface area contributed by atoms with E-state index in [2.05, 4.69) is 0 Å². The van der Waals surface area contributed by atoms with Crippen LogP contribution in [0, 0.1) is 13.8 Å². The van der Waals surface area contributed by atoms with Crippen LogP contribution in [-0.2, 0) is 0 Å². The summed E-state index contributed by atoms with van der Waals surface area (Å²) in [6.07, 6.45) is 5.77. The number of aliphatic hydroxyl groups excluding tert-OH is 1. The molecule has 0 radical (unpaired) electrons. The molecule has 1 saturated heterocycles. The van der Waals surface area contributed by atoms with Crippen molar-refractivity contribution in [2.24, 2.45) is 0 Å². The van der Waals surface area contributed by atoms with E-state index < -0.39 is 6.10 Å². The van der Waals surface area contributed by atoms with E-state index in [1.807, 2.05) is 13.8 Å². The molecule has 2 N–H and O–H groups in total. The van der Waals surface area contributed by atoms with Crippen LogP contribution in [0.2, 0.25) is 5.02 Å². The Labute approximate surface area is 198 Å². The molecule has 0 aliphatic carbocycles. The van der Waals surface area contributed by atoms with Crippen LogP contribution >= 0.6 is 11.6 Å². The molecule has 1 atom stereocenters. The Hall–Kier alpha value is -2.54. The van der Waals surface area contributed by atoms with Gasteiger partial charge in [-0.1, -0.05) is 11.6 Å². The first kappa shape index (κ1) is 23.6. The van der Waals surface area contributed by atoms with E-state index >= 15 is 0 Å².